The van der Waals surface area contributed by atoms with Gasteiger partial charge in [-0.25, -0.2) is 0 Å². The molecule has 3 atom stereocenters. The maximum atomic E-state index is 5.29. The third kappa shape index (κ3) is 3.09. The molecule has 1 aliphatic rings. The topological polar surface area (TPSA) is 51.0 Å². The lowest BCUT2D eigenvalue weighted by Gasteiger charge is -2.34. The van der Waals surface area contributed by atoms with E-state index in [1.54, 1.807) is 0 Å². The fourth-order valence-corrected chi connectivity index (χ4v) is 3.29. The van der Waals surface area contributed by atoms with E-state index in [1.165, 1.54) is 36.9 Å². The average Bonchev–Trinajstić information content (AvgIpc) is 2.98. The molecule has 1 heterocycles. The van der Waals surface area contributed by atoms with Crippen molar-refractivity contribution in [3.05, 3.63) is 30.2 Å². The van der Waals surface area contributed by atoms with E-state index in [2.05, 4.69) is 48.4 Å². The molecule has 0 spiro atoms. The van der Waals surface area contributed by atoms with Gasteiger partial charge in [-0.3, -0.25) is 0 Å². The van der Waals surface area contributed by atoms with Gasteiger partial charge >= 0.3 is 0 Å². The van der Waals surface area contributed by atoms with Crippen LogP contribution in [0.15, 0.2) is 29.0 Å². The summed E-state index contributed by atoms with van der Waals surface area (Å²) in [4.78, 5) is 0. The van der Waals surface area contributed by atoms with Crippen molar-refractivity contribution in [2.45, 2.75) is 46.1 Å². The molecule has 112 valence electrons. The van der Waals surface area contributed by atoms with Crippen molar-refractivity contribution in [3.63, 3.8) is 0 Å². The summed E-state index contributed by atoms with van der Waals surface area (Å²) in [6, 6.07) is 6.81. The van der Waals surface area contributed by atoms with Crippen LogP contribution in [0.2, 0.25) is 0 Å². The minimum absolute atomic E-state index is 0.554. The van der Waals surface area contributed by atoms with Gasteiger partial charge in [-0.05, 0) is 55.7 Å². The summed E-state index contributed by atoms with van der Waals surface area (Å²) in [6.45, 7) is 6.84. The van der Waals surface area contributed by atoms with E-state index in [1.807, 2.05) is 6.07 Å². The van der Waals surface area contributed by atoms with Crippen molar-refractivity contribution in [1.29, 1.82) is 0 Å². The highest BCUT2D eigenvalue weighted by Gasteiger charge is 2.25. The lowest BCUT2D eigenvalue weighted by atomic mass is 9.79. The van der Waals surface area contributed by atoms with Gasteiger partial charge in [0.15, 0.2) is 0 Å². The van der Waals surface area contributed by atoms with E-state index in [0.717, 1.165) is 11.5 Å². The third-order valence-corrected chi connectivity index (χ3v) is 4.62. The zero-order valence-electron chi connectivity index (χ0n) is 13.0. The molecule has 1 aromatic carbocycles. The summed E-state index contributed by atoms with van der Waals surface area (Å²) in [5.74, 6) is 2.13. The van der Waals surface area contributed by atoms with Gasteiger partial charge in [0.1, 0.15) is 0 Å². The second-order valence-corrected chi connectivity index (χ2v) is 6.42. The molecule has 3 unspecified atom stereocenters. The first kappa shape index (κ1) is 14.1. The molecule has 2 aromatic rings. The Morgan fingerprint density at radius 3 is 2.81 bits per heavy atom. The van der Waals surface area contributed by atoms with Crippen LogP contribution in [0, 0.1) is 18.8 Å². The monoisotopic (exact) mass is 285 g/mol. The van der Waals surface area contributed by atoms with E-state index < -0.39 is 0 Å². The predicted octanol–water partition coefficient (Wildman–Crippen LogP) is 4.28. The van der Waals surface area contributed by atoms with E-state index in [-0.39, 0.29) is 0 Å². The van der Waals surface area contributed by atoms with Crippen LogP contribution in [0.25, 0.3) is 11.5 Å². The Morgan fingerprint density at radius 2 is 2.10 bits per heavy atom. The molecular weight excluding hydrogens is 262 g/mol. The Balaban J connectivity index is 1.80. The highest BCUT2D eigenvalue weighted by molar-refractivity contribution is 5.64. The first-order chi connectivity index (χ1) is 10.1. The van der Waals surface area contributed by atoms with Gasteiger partial charge in [0.2, 0.25) is 12.3 Å². The number of nitrogens with one attached hydrogen (secondary N) is 1. The van der Waals surface area contributed by atoms with Gasteiger partial charge in [-0.1, -0.05) is 19.9 Å². The number of anilines is 1. The zero-order chi connectivity index (χ0) is 14.8. The summed E-state index contributed by atoms with van der Waals surface area (Å²) in [5.41, 5.74) is 3.40. The number of hydrogen-bond acceptors (Lipinski definition) is 4. The van der Waals surface area contributed by atoms with Gasteiger partial charge in [0.25, 0.3) is 0 Å². The molecule has 1 aromatic heterocycles. The van der Waals surface area contributed by atoms with Crippen LogP contribution < -0.4 is 5.32 Å². The summed E-state index contributed by atoms with van der Waals surface area (Å²) >= 11 is 0. The average molecular weight is 285 g/mol. The third-order valence-electron chi connectivity index (χ3n) is 4.62. The first-order valence-corrected chi connectivity index (χ1v) is 7.77. The van der Waals surface area contributed by atoms with Gasteiger partial charge in [0, 0.05) is 17.3 Å². The molecule has 0 saturated heterocycles. The molecule has 1 aliphatic carbocycles. The largest absolute Gasteiger partial charge is 0.423 e. The molecule has 1 saturated carbocycles. The van der Waals surface area contributed by atoms with Crippen molar-refractivity contribution in [2.24, 2.45) is 11.8 Å². The molecule has 4 heteroatoms. The minimum Gasteiger partial charge on any atom is -0.423 e. The Hall–Kier alpha value is -1.84. The molecule has 4 nitrogen and oxygen atoms in total. The maximum Gasteiger partial charge on any atom is 0.247 e. The molecule has 0 aliphatic heterocycles. The van der Waals surface area contributed by atoms with E-state index in [9.17, 15) is 0 Å². The lowest BCUT2D eigenvalue weighted by molar-refractivity contribution is 0.276. The van der Waals surface area contributed by atoms with Crippen LogP contribution in [-0.4, -0.2) is 16.2 Å². The smallest absolute Gasteiger partial charge is 0.247 e. The molecule has 1 N–H and O–H groups in total. The Bertz CT molecular complexity index is 594. The molecule has 0 bridgehead atoms. The summed E-state index contributed by atoms with van der Waals surface area (Å²) in [6.07, 6.45) is 5.23. The summed E-state index contributed by atoms with van der Waals surface area (Å²) in [7, 11) is 0. The SMILES string of the molecule is Cc1ccc(-c2nnco2)cc1NC1CCC(C)CC1C. The highest BCUT2D eigenvalue weighted by atomic mass is 16.4. The maximum absolute atomic E-state index is 5.29. The van der Waals surface area contributed by atoms with Gasteiger partial charge in [-0.2, -0.15) is 0 Å². The van der Waals surface area contributed by atoms with E-state index in [0.29, 0.717) is 17.9 Å². The van der Waals surface area contributed by atoms with Crippen molar-refractivity contribution in [1.82, 2.24) is 10.2 Å². The van der Waals surface area contributed by atoms with Crippen LogP contribution in [0.1, 0.15) is 38.7 Å². The van der Waals surface area contributed by atoms with Gasteiger partial charge in [-0.15, -0.1) is 10.2 Å². The predicted molar refractivity (Wildman–Crippen MR) is 84.1 cm³/mol. The van der Waals surface area contributed by atoms with Crippen LogP contribution in [-0.2, 0) is 0 Å². The Morgan fingerprint density at radius 1 is 1.24 bits per heavy atom. The fraction of sp³-hybridized carbons (Fsp3) is 0.529. The number of benzene rings is 1. The summed E-state index contributed by atoms with van der Waals surface area (Å²) < 4.78 is 5.29. The first-order valence-electron chi connectivity index (χ1n) is 7.77. The summed E-state index contributed by atoms with van der Waals surface area (Å²) in [5, 5.41) is 11.5. The van der Waals surface area contributed by atoms with Crippen molar-refractivity contribution in [3.8, 4) is 11.5 Å². The highest BCUT2D eigenvalue weighted by Crippen LogP contribution is 2.32. The van der Waals surface area contributed by atoms with Gasteiger partial charge in [0.05, 0.1) is 0 Å². The molecule has 3 rings (SSSR count). The van der Waals surface area contributed by atoms with Crippen molar-refractivity contribution < 1.29 is 4.42 Å². The number of aryl methyl sites for hydroxylation is 1. The number of rotatable bonds is 3. The van der Waals surface area contributed by atoms with Crippen LogP contribution >= 0.6 is 0 Å². The number of nitrogens with zero attached hydrogens (tertiary/aromatic N) is 2. The molecule has 21 heavy (non-hydrogen) atoms. The fourth-order valence-electron chi connectivity index (χ4n) is 3.29. The Labute approximate surface area is 126 Å². The quantitative estimate of drug-likeness (QED) is 0.914. The number of aromatic nitrogens is 2. The zero-order valence-corrected chi connectivity index (χ0v) is 13.0. The number of hydrogen-bond donors (Lipinski definition) is 1. The van der Waals surface area contributed by atoms with Crippen LogP contribution in [0.4, 0.5) is 5.69 Å². The van der Waals surface area contributed by atoms with Crippen molar-refractivity contribution >= 4 is 5.69 Å². The second-order valence-electron chi connectivity index (χ2n) is 6.42. The lowest BCUT2D eigenvalue weighted by Crippen LogP contribution is -2.33. The van der Waals surface area contributed by atoms with E-state index in [4.69, 9.17) is 4.42 Å². The van der Waals surface area contributed by atoms with Gasteiger partial charge < -0.3 is 9.73 Å². The molecule has 0 radical (unpaired) electrons. The standard InChI is InChI=1S/C17H23N3O/c1-11-4-7-15(13(3)8-11)19-16-9-14(6-5-12(16)2)17-20-18-10-21-17/h5-6,9-11,13,15,19H,4,7-8H2,1-3H3. The van der Waals surface area contributed by atoms with Crippen LogP contribution in [0.3, 0.4) is 0 Å². The minimum atomic E-state index is 0.554. The van der Waals surface area contributed by atoms with Crippen LogP contribution in [0.5, 0.6) is 0 Å². The molecule has 1 fully saturated rings. The Kier molecular flexibility index (Phi) is 3.95. The normalized spacial score (nSPS) is 25.8. The molecule has 0 amide bonds. The molecular formula is C17H23N3O. The van der Waals surface area contributed by atoms with E-state index >= 15 is 0 Å². The second kappa shape index (κ2) is 5.88. The van der Waals surface area contributed by atoms with Crippen molar-refractivity contribution in [2.75, 3.05) is 5.32 Å².